The largest absolute Gasteiger partial charge is 0.484 e. The van der Waals surface area contributed by atoms with Gasteiger partial charge >= 0.3 is 0 Å². The molecule has 2 aromatic carbocycles. The summed E-state index contributed by atoms with van der Waals surface area (Å²) in [6.07, 6.45) is 1.80. The number of aromatic nitrogens is 1. The number of rotatable bonds is 7. The molecule has 1 fully saturated rings. The Morgan fingerprint density at radius 3 is 2.45 bits per heavy atom. The summed E-state index contributed by atoms with van der Waals surface area (Å²) in [5.74, 6) is 0.214. The van der Waals surface area contributed by atoms with Crippen molar-refractivity contribution in [2.24, 2.45) is 0 Å². The number of ether oxygens (including phenoxy) is 1. The average Bonchev–Trinajstić information content (AvgIpc) is 3.46. The molecule has 0 radical (unpaired) electrons. The van der Waals surface area contributed by atoms with Gasteiger partial charge in [-0.15, -0.1) is 11.3 Å². The van der Waals surface area contributed by atoms with E-state index in [9.17, 15) is 13.2 Å². The van der Waals surface area contributed by atoms with Crippen molar-refractivity contribution in [1.29, 1.82) is 0 Å². The molecule has 1 aromatic heterocycles. The molecule has 7 nitrogen and oxygen atoms in total. The molecule has 1 saturated heterocycles. The highest BCUT2D eigenvalue weighted by Crippen LogP contribution is 2.27. The molecular weight excluding hydrogens is 458 g/mol. The van der Waals surface area contributed by atoms with Crippen molar-refractivity contribution >= 4 is 44.0 Å². The number of hydrogen-bond donors (Lipinski definition) is 1. The van der Waals surface area contributed by atoms with Crippen LogP contribution in [0.5, 0.6) is 5.75 Å². The zero-order chi connectivity index (χ0) is 21.8. The molecule has 0 spiro atoms. The monoisotopic (exact) mass is 477 g/mol. The maximum absolute atomic E-state index is 12.6. The van der Waals surface area contributed by atoms with E-state index < -0.39 is 10.0 Å². The summed E-state index contributed by atoms with van der Waals surface area (Å²) in [6, 6.07) is 13.4. The second kappa shape index (κ2) is 9.35. The molecule has 10 heteroatoms. The molecule has 0 aliphatic carbocycles. The summed E-state index contributed by atoms with van der Waals surface area (Å²) in [5.41, 5.74) is 1.43. The smallest absolute Gasteiger partial charge is 0.264 e. The number of benzene rings is 2. The fourth-order valence-electron chi connectivity index (χ4n) is 3.17. The van der Waals surface area contributed by atoms with Gasteiger partial charge in [0.25, 0.3) is 5.91 Å². The number of hydrogen-bond acceptors (Lipinski definition) is 6. The van der Waals surface area contributed by atoms with E-state index in [4.69, 9.17) is 16.3 Å². The molecule has 0 unspecified atom stereocenters. The van der Waals surface area contributed by atoms with Gasteiger partial charge in [0.15, 0.2) is 11.7 Å². The van der Waals surface area contributed by atoms with Gasteiger partial charge in [-0.1, -0.05) is 23.7 Å². The van der Waals surface area contributed by atoms with E-state index in [1.54, 1.807) is 53.9 Å². The Labute approximate surface area is 189 Å². The van der Waals surface area contributed by atoms with E-state index in [0.29, 0.717) is 34.7 Å². The van der Waals surface area contributed by atoms with Gasteiger partial charge in [0.2, 0.25) is 10.0 Å². The van der Waals surface area contributed by atoms with Crippen molar-refractivity contribution < 1.29 is 17.9 Å². The first-order valence-corrected chi connectivity index (χ1v) is 12.4. The number of carbonyl (C=O) groups is 1. The number of anilines is 1. The normalized spacial score (nSPS) is 14.5. The minimum Gasteiger partial charge on any atom is -0.484 e. The van der Waals surface area contributed by atoms with Crippen molar-refractivity contribution in [3.8, 4) is 17.0 Å². The lowest BCUT2D eigenvalue weighted by Gasteiger charge is -2.15. The van der Waals surface area contributed by atoms with Crippen molar-refractivity contribution in [2.75, 3.05) is 25.0 Å². The quantitative estimate of drug-likeness (QED) is 0.549. The lowest BCUT2D eigenvalue weighted by molar-refractivity contribution is -0.118. The molecule has 0 saturated carbocycles. The van der Waals surface area contributed by atoms with E-state index in [0.717, 1.165) is 18.4 Å². The van der Waals surface area contributed by atoms with Gasteiger partial charge in [0, 0.05) is 29.1 Å². The van der Waals surface area contributed by atoms with Gasteiger partial charge in [0.05, 0.1) is 10.6 Å². The van der Waals surface area contributed by atoms with Crippen LogP contribution in [0.2, 0.25) is 5.02 Å². The van der Waals surface area contributed by atoms with Gasteiger partial charge in [-0.2, -0.15) is 4.31 Å². The van der Waals surface area contributed by atoms with Crippen molar-refractivity contribution in [1.82, 2.24) is 9.29 Å². The van der Waals surface area contributed by atoms with Crippen LogP contribution >= 0.6 is 22.9 Å². The van der Waals surface area contributed by atoms with Crippen LogP contribution in [0.4, 0.5) is 5.13 Å². The first kappa shape index (κ1) is 21.8. The summed E-state index contributed by atoms with van der Waals surface area (Å²) in [4.78, 5) is 16.8. The summed E-state index contributed by atoms with van der Waals surface area (Å²) >= 11 is 7.11. The molecule has 0 bridgehead atoms. The zero-order valence-electron chi connectivity index (χ0n) is 16.5. The Morgan fingerprint density at radius 2 is 1.77 bits per heavy atom. The van der Waals surface area contributed by atoms with Crippen LogP contribution in [0.25, 0.3) is 11.3 Å². The predicted octanol–water partition coefficient (Wildman–Crippen LogP) is 4.27. The van der Waals surface area contributed by atoms with Crippen LogP contribution in [-0.4, -0.2) is 43.3 Å². The maximum atomic E-state index is 12.6. The molecule has 0 atom stereocenters. The molecule has 4 rings (SSSR count). The Balaban J connectivity index is 1.37. The second-order valence-electron chi connectivity index (χ2n) is 6.96. The number of nitrogens with zero attached hydrogens (tertiary/aromatic N) is 2. The number of carbonyl (C=O) groups excluding carboxylic acids is 1. The van der Waals surface area contributed by atoms with Gasteiger partial charge in [-0.3, -0.25) is 10.1 Å². The highest BCUT2D eigenvalue weighted by atomic mass is 35.5. The number of halogens is 1. The minimum absolute atomic E-state index is 0.153. The van der Waals surface area contributed by atoms with E-state index in [1.165, 1.54) is 15.6 Å². The summed E-state index contributed by atoms with van der Waals surface area (Å²) < 4.78 is 32.2. The van der Waals surface area contributed by atoms with E-state index in [1.807, 2.05) is 0 Å². The minimum atomic E-state index is -3.44. The van der Waals surface area contributed by atoms with Gasteiger partial charge in [-0.05, 0) is 49.2 Å². The highest BCUT2D eigenvalue weighted by molar-refractivity contribution is 7.89. The molecule has 2 heterocycles. The molecule has 1 aliphatic heterocycles. The zero-order valence-corrected chi connectivity index (χ0v) is 18.8. The molecule has 31 heavy (non-hydrogen) atoms. The van der Waals surface area contributed by atoms with Crippen LogP contribution in [0, 0.1) is 0 Å². The molecule has 1 amide bonds. The fourth-order valence-corrected chi connectivity index (χ4v) is 5.55. The Hall–Kier alpha value is -2.46. The predicted molar refractivity (Wildman–Crippen MR) is 121 cm³/mol. The third-order valence-electron chi connectivity index (χ3n) is 4.79. The molecule has 1 N–H and O–H groups in total. The van der Waals surface area contributed by atoms with Gasteiger partial charge in [-0.25, -0.2) is 13.4 Å². The van der Waals surface area contributed by atoms with E-state index in [2.05, 4.69) is 10.3 Å². The highest BCUT2D eigenvalue weighted by Gasteiger charge is 2.27. The average molecular weight is 478 g/mol. The fraction of sp³-hybridized carbons (Fsp3) is 0.238. The van der Waals surface area contributed by atoms with E-state index >= 15 is 0 Å². The molecule has 1 aliphatic rings. The topological polar surface area (TPSA) is 88.6 Å². The Kier molecular flexibility index (Phi) is 6.57. The lowest BCUT2D eigenvalue weighted by atomic mass is 10.2. The number of sulfonamides is 1. The first-order chi connectivity index (χ1) is 14.9. The summed E-state index contributed by atoms with van der Waals surface area (Å²) in [7, 11) is -3.44. The number of nitrogens with one attached hydrogen (secondary N) is 1. The standard InChI is InChI=1S/C21H20ClN3O4S2/c22-16-5-7-17(8-6-16)29-13-20(26)24-21-23-19(14-30-21)15-3-9-18(10-4-15)31(27,28)25-11-1-2-12-25/h3-10,14H,1-2,11-13H2,(H,23,24,26). The Morgan fingerprint density at radius 1 is 1.10 bits per heavy atom. The molecule has 3 aromatic rings. The van der Waals surface area contributed by atoms with Gasteiger partial charge in [0.1, 0.15) is 5.75 Å². The van der Waals surface area contributed by atoms with Crippen molar-refractivity contribution in [3.63, 3.8) is 0 Å². The van der Waals surface area contributed by atoms with Crippen molar-refractivity contribution in [3.05, 3.63) is 58.9 Å². The maximum Gasteiger partial charge on any atom is 0.264 e. The molecular formula is C21H20ClN3O4S2. The van der Waals surface area contributed by atoms with Gasteiger partial charge < -0.3 is 4.74 Å². The van der Waals surface area contributed by atoms with Crippen LogP contribution in [0.1, 0.15) is 12.8 Å². The molecule has 162 valence electrons. The van der Waals surface area contributed by atoms with Crippen LogP contribution < -0.4 is 10.1 Å². The summed E-state index contributed by atoms with van der Waals surface area (Å²) in [6.45, 7) is 0.988. The third-order valence-corrected chi connectivity index (χ3v) is 7.71. The third kappa shape index (κ3) is 5.24. The van der Waals surface area contributed by atoms with Crippen molar-refractivity contribution in [2.45, 2.75) is 17.7 Å². The number of thiazole rings is 1. The first-order valence-electron chi connectivity index (χ1n) is 9.66. The Bertz CT molecular complexity index is 1160. The van der Waals surface area contributed by atoms with E-state index in [-0.39, 0.29) is 17.4 Å². The second-order valence-corrected chi connectivity index (χ2v) is 10.2. The SMILES string of the molecule is O=C(COc1ccc(Cl)cc1)Nc1nc(-c2ccc(S(=O)(=O)N3CCCC3)cc2)cs1. The number of amides is 1. The van der Waals surface area contributed by atoms with Crippen LogP contribution in [0.3, 0.4) is 0 Å². The lowest BCUT2D eigenvalue weighted by Crippen LogP contribution is -2.27. The van der Waals surface area contributed by atoms with Crippen LogP contribution in [-0.2, 0) is 14.8 Å². The summed E-state index contributed by atoms with van der Waals surface area (Å²) in [5, 5.41) is 5.54. The van der Waals surface area contributed by atoms with Crippen LogP contribution in [0.15, 0.2) is 58.8 Å².